The van der Waals surface area contributed by atoms with Crippen molar-refractivity contribution >= 4 is 48.8 Å². The molecule has 2 aromatic carbocycles. The first-order valence-corrected chi connectivity index (χ1v) is 13.8. The van der Waals surface area contributed by atoms with Gasteiger partial charge in [0.2, 0.25) is 10.0 Å². The summed E-state index contributed by atoms with van der Waals surface area (Å²) in [5, 5.41) is 14.2. The highest BCUT2D eigenvalue weighted by Crippen LogP contribution is 2.41. The number of hydrogen-bond donors (Lipinski definition) is 3. The van der Waals surface area contributed by atoms with E-state index in [4.69, 9.17) is 0 Å². The quantitative estimate of drug-likeness (QED) is 0.503. The van der Waals surface area contributed by atoms with Gasteiger partial charge < -0.3 is 10.4 Å². The van der Waals surface area contributed by atoms with Gasteiger partial charge in [0.1, 0.15) is 22.3 Å². The third kappa shape index (κ3) is 4.12. The summed E-state index contributed by atoms with van der Waals surface area (Å²) >= 11 is 0. The van der Waals surface area contributed by atoms with Gasteiger partial charge in [-0.05, 0) is 24.6 Å². The van der Waals surface area contributed by atoms with Crippen LogP contribution in [0.15, 0.2) is 51.8 Å². The number of sulfonamides is 2. The summed E-state index contributed by atoms with van der Waals surface area (Å²) in [6, 6.07) is 9.97. The maximum atomic E-state index is 13.5. The molecule has 180 valence electrons. The number of fused-ring (bicyclic) bond motifs is 2. The molecule has 1 aliphatic carbocycles. The number of amidine groups is 1. The highest BCUT2D eigenvalue weighted by atomic mass is 32.2. The molecule has 1 heterocycles. The molecule has 12 heteroatoms. The average molecular weight is 506 g/mol. The van der Waals surface area contributed by atoms with E-state index in [1.165, 1.54) is 24.3 Å². The number of anilines is 2. The molecule has 10 nitrogen and oxygen atoms in total. The van der Waals surface area contributed by atoms with Crippen LogP contribution in [0.25, 0.3) is 0 Å². The molecule has 0 bridgehead atoms. The summed E-state index contributed by atoms with van der Waals surface area (Å²) in [5.74, 6) is -3.56. The van der Waals surface area contributed by atoms with E-state index in [-0.39, 0.29) is 33.8 Å². The van der Waals surface area contributed by atoms with Crippen molar-refractivity contribution in [1.29, 1.82) is 0 Å². The third-order valence-corrected chi connectivity index (χ3v) is 7.72. The van der Waals surface area contributed by atoms with E-state index in [1.54, 1.807) is 12.1 Å². The van der Waals surface area contributed by atoms with Gasteiger partial charge in [-0.1, -0.05) is 44.0 Å². The van der Waals surface area contributed by atoms with Crippen LogP contribution in [0.2, 0.25) is 0 Å². The summed E-state index contributed by atoms with van der Waals surface area (Å²) in [7, 11) is -8.04. The monoisotopic (exact) mass is 505 g/mol. The number of rotatable bonds is 6. The standard InChI is InChI=1S/C22H23N3O7S2/c1-3-4-11-22(28)15-8-6-5-7-14(15)19(26)18(20(22)27)21-23-16-10-9-13(24-33(2,29)30)12-17(16)34(31,32)25-21/h5-10,12,18,24,28H,3-4,11H2,1-2H3,(H,23,25). The maximum absolute atomic E-state index is 13.5. The van der Waals surface area contributed by atoms with Crippen LogP contribution >= 0.6 is 0 Å². The van der Waals surface area contributed by atoms with Crippen molar-refractivity contribution in [3.63, 3.8) is 0 Å². The Morgan fingerprint density at radius 2 is 1.88 bits per heavy atom. The number of ketones is 2. The zero-order valence-corrected chi connectivity index (χ0v) is 20.0. The maximum Gasteiger partial charge on any atom is 0.286 e. The van der Waals surface area contributed by atoms with Crippen LogP contribution in [0.3, 0.4) is 0 Å². The zero-order valence-electron chi connectivity index (χ0n) is 18.4. The van der Waals surface area contributed by atoms with Gasteiger partial charge >= 0.3 is 0 Å². The number of unbranched alkanes of at least 4 members (excludes halogenated alkanes) is 1. The molecule has 0 fully saturated rings. The summed E-state index contributed by atoms with van der Waals surface area (Å²) in [6.45, 7) is 1.90. The molecule has 2 atom stereocenters. The average Bonchev–Trinajstić information content (AvgIpc) is 2.76. The fourth-order valence-corrected chi connectivity index (χ4v) is 5.96. The Labute approximate surface area is 197 Å². The minimum atomic E-state index is -4.39. The lowest BCUT2D eigenvalue weighted by atomic mass is 9.69. The van der Waals surface area contributed by atoms with Crippen LogP contribution in [-0.4, -0.2) is 45.6 Å². The number of carbonyl (C=O) groups is 2. The molecule has 1 aliphatic heterocycles. The number of Topliss-reactive ketones (excluding diaryl/α,β-unsaturated/α-hetero) is 2. The number of nitrogens with one attached hydrogen (secondary N) is 2. The Bertz CT molecular complexity index is 1450. The second-order valence-corrected chi connectivity index (χ2v) is 11.7. The van der Waals surface area contributed by atoms with Crippen molar-refractivity contribution in [2.75, 3.05) is 16.3 Å². The molecule has 0 radical (unpaired) electrons. The van der Waals surface area contributed by atoms with Crippen molar-refractivity contribution in [2.45, 2.75) is 36.7 Å². The smallest absolute Gasteiger partial charge is 0.286 e. The second kappa shape index (κ2) is 8.29. The fraction of sp³-hybridized carbons (Fsp3) is 0.318. The van der Waals surface area contributed by atoms with Gasteiger partial charge in [0.25, 0.3) is 10.0 Å². The molecule has 0 saturated heterocycles. The van der Waals surface area contributed by atoms with Gasteiger partial charge in [-0.2, -0.15) is 8.42 Å². The fourth-order valence-electron chi connectivity index (χ4n) is 4.22. The Morgan fingerprint density at radius 3 is 2.56 bits per heavy atom. The first kappa shape index (κ1) is 24.0. The Kier molecular flexibility index (Phi) is 5.86. The van der Waals surface area contributed by atoms with Gasteiger partial charge in [0.05, 0.1) is 11.9 Å². The highest BCUT2D eigenvalue weighted by molar-refractivity contribution is 7.92. The van der Waals surface area contributed by atoms with Crippen LogP contribution in [-0.2, 0) is 30.4 Å². The molecule has 0 saturated carbocycles. The molecule has 34 heavy (non-hydrogen) atoms. The van der Waals surface area contributed by atoms with Crippen molar-refractivity contribution in [1.82, 2.24) is 0 Å². The predicted octanol–water partition coefficient (Wildman–Crippen LogP) is 2.03. The van der Waals surface area contributed by atoms with Crippen LogP contribution in [0, 0.1) is 5.92 Å². The van der Waals surface area contributed by atoms with Gasteiger partial charge in [0.15, 0.2) is 11.6 Å². The van der Waals surface area contributed by atoms with Gasteiger partial charge in [0, 0.05) is 16.8 Å². The lowest BCUT2D eigenvalue weighted by Gasteiger charge is -2.37. The first-order chi connectivity index (χ1) is 15.9. The Morgan fingerprint density at radius 1 is 1.18 bits per heavy atom. The van der Waals surface area contributed by atoms with Crippen molar-refractivity contribution < 1.29 is 31.5 Å². The van der Waals surface area contributed by atoms with Crippen molar-refractivity contribution in [3.05, 3.63) is 53.6 Å². The molecular formula is C22H23N3O7S2. The molecule has 0 amide bonds. The van der Waals surface area contributed by atoms with Crippen LogP contribution in [0.4, 0.5) is 11.4 Å². The third-order valence-electron chi connectivity index (χ3n) is 5.78. The first-order valence-electron chi connectivity index (χ1n) is 10.5. The molecule has 3 N–H and O–H groups in total. The Balaban J connectivity index is 1.80. The molecule has 2 unspecified atom stereocenters. The molecule has 4 rings (SSSR count). The van der Waals surface area contributed by atoms with E-state index < -0.39 is 49.0 Å². The van der Waals surface area contributed by atoms with E-state index in [0.29, 0.717) is 12.8 Å². The minimum Gasteiger partial charge on any atom is -0.377 e. The molecular weight excluding hydrogens is 482 g/mol. The number of nitrogens with zero attached hydrogens (tertiary/aromatic N) is 1. The largest absolute Gasteiger partial charge is 0.377 e. The van der Waals surface area contributed by atoms with Crippen molar-refractivity contribution in [3.8, 4) is 0 Å². The topological polar surface area (TPSA) is 159 Å². The van der Waals surface area contributed by atoms with Gasteiger partial charge in [-0.15, -0.1) is 4.40 Å². The summed E-state index contributed by atoms with van der Waals surface area (Å²) < 4.78 is 54.8. The molecule has 2 aromatic rings. The summed E-state index contributed by atoms with van der Waals surface area (Å²) in [6.07, 6.45) is 2.20. The van der Waals surface area contributed by atoms with E-state index in [1.807, 2.05) is 6.92 Å². The van der Waals surface area contributed by atoms with Crippen molar-refractivity contribution in [2.24, 2.45) is 10.3 Å². The van der Waals surface area contributed by atoms with E-state index in [2.05, 4.69) is 14.4 Å². The second-order valence-electron chi connectivity index (χ2n) is 8.33. The number of hydrogen-bond acceptors (Lipinski definition) is 8. The van der Waals surface area contributed by atoms with E-state index in [0.717, 1.165) is 12.3 Å². The van der Waals surface area contributed by atoms with E-state index in [9.17, 15) is 31.5 Å². The SMILES string of the molecule is CCCCC1(O)C(=O)C(C2=NS(=O)(=O)c3cc(NS(C)(=O)=O)ccc3N2)C(=O)c2ccccc21. The Hall–Kier alpha value is -3.09. The van der Waals surface area contributed by atoms with E-state index >= 15 is 0 Å². The molecule has 0 spiro atoms. The zero-order chi connectivity index (χ0) is 24.9. The van der Waals surface area contributed by atoms with Crippen LogP contribution in [0.5, 0.6) is 0 Å². The lowest BCUT2D eigenvalue weighted by Crippen LogP contribution is -2.52. The number of aliphatic hydroxyl groups is 1. The van der Waals surface area contributed by atoms with Crippen LogP contribution in [0.1, 0.15) is 42.1 Å². The van der Waals surface area contributed by atoms with Gasteiger partial charge in [-0.25, -0.2) is 8.42 Å². The lowest BCUT2D eigenvalue weighted by molar-refractivity contribution is -0.141. The molecule has 2 aliphatic rings. The highest BCUT2D eigenvalue weighted by Gasteiger charge is 2.53. The van der Waals surface area contributed by atoms with Crippen LogP contribution < -0.4 is 10.0 Å². The summed E-state index contributed by atoms with van der Waals surface area (Å²) in [5.41, 5.74) is -1.60. The predicted molar refractivity (Wildman–Crippen MR) is 126 cm³/mol. The molecule has 0 aromatic heterocycles. The summed E-state index contributed by atoms with van der Waals surface area (Å²) in [4.78, 5) is 26.5. The van der Waals surface area contributed by atoms with Gasteiger partial charge in [-0.3, -0.25) is 14.3 Å². The number of carbonyl (C=O) groups excluding carboxylic acids is 2. The minimum absolute atomic E-state index is 0.0120. The number of benzene rings is 2. The normalized spacial score (nSPS) is 23.4.